The first-order valence-corrected chi connectivity index (χ1v) is 8.32. The van der Waals surface area contributed by atoms with Gasteiger partial charge in [0.05, 0.1) is 24.3 Å². The van der Waals surface area contributed by atoms with Gasteiger partial charge in [-0.1, -0.05) is 0 Å². The van der Waals surface area contributed by atoms with Crippen LogP contribution in [0.25, 0.3) is 6.08 Å². The van der Waals surface area contributed by atoms with E-state index in [1.54, 1.807) is 18.2 Å². The first-order chi connectivity index (χ1) is 11.4. The van der Waals surface area contributed by atoms with Crippen LogP contribution in [-0.2, 0) is 0 Å². The molecule has 0 aliphatic carbocycles. The number of halogens is 2. The van der Waals surface area contributed by atoms with Gasteiger partial charge in [-0.05, 0) is 67.8 Å². The number of phenols is 2. The van der Waals surface area contributed by atoms with Crippen molar-refractivity contribution in [3.8, 4) is 23.0 Å². The molecule has 0 heterocycles. The molecule has 0 unspecified atom stereocenters. The molecule has 0 aliphatic rings. The molecule has 5 nitrogen and oxygen atoms in total. The molecule has 2 aromatic rings. The van der Waals surface area contributed by atoms with Crippen molar-refractivity contribution in [2.75, 3.05) is 14.2 Å². The molecule has 0 bridgehead atoms. The number of allylic oxidation sites excluding steroid dienone is 1. The van der Waals surface area contributed by atoms with Crippen molar-refractivity contribution in [2.45, 2.75) is 0 Å². The van der Waals surface area contributed by atoms with E-state index in [9.17, 15) is 15.0 Å². The third-order valence-corrected chi connectivity index (χ3v) is 5.44. The number of ether oxygens (including phenoxy) is 2. The van der Waals surface area contributed by atoms with Crippen LogP contribution in [0.1, 0.15) is 15.9 Å². The van der Waals surface area contributed by atoms with E-state index in [2.05, 4.69) is 31.9 Å². The zero-order valence-corrected chi connectivity index (χ0v) is 16.0. The second kappa shape index (κ2) is 7.72. The van der Waals surface area contributed by atoms with Gasteiger partial charge in [-0.3, -0.25) is 4.79 Å². The van der Waals surface area contributed by atoms with Crippen LogP contribution in [0.5, 0.6) is 23.0 Å². The molecule has 0 fully saturated rings. The van der Waals surface area contributed by atoms with E-state index in [0.29, 0.717) is 31.6 Å². The summed E-state index contributed by atoms with van der Waals surface area (Å²) in [6, 6.07) is 6.26. The molecule has 0 aromatic heterocycles. The van der Waals surface area contributed by atoms with E-state index in [-0.39, 0.29) is 17.3 Å². The maximum atomic E-state index is 12.4. The van der Waals surface area contributed by atoms with Crippen LogP contribution in [-0.4, -0.2) is 30.2 Å². The summed E-state index contributed by atoms with van der Waals surface area (Å²) in [5.41, 5.74) is 0.908. The third-order valence-electron chi connectivity index (χ3n) is 3.28. The summed E-state index contributed by atoms with van der Waals surface area (Å²) in [7, 11) is 3.00. The lowest BCUT2D eigenvalue weighted by Gasteiger charge is -2.08. The fraction of sp³-hybridized carbons (Fsp3) is 0.118. The maximum Gasteiger partial charge on any atom is 0.189 e. The fourth-order valence-corrected chi connectivity index (χ4v) is 2.87. The average molecular weight is 458 g/mol. The normalized spacial score (nSPS) is 10.8. The van der Waals surface area contributed by atoms with E-state index in [4.69, 9.17) is 9.47 Å². The van der Waals surface area contributed by atoms with Gasteiger partial charge in [-0.25, -0.2) is 0 Å². The van der Waals surface area contributed by atoms with Crippen LogP contribution < -0.4 is 9.47 Å². The lowest BCUT2D eigenvalue weighted by Crippen LogP contribution is -1.99. The lowest BCUT2D eigenvalue weighted by atomic mass is 10.1. The van der Waals surface area contributed by atoms with Crippen molar-refractivity contribution in [1.82, 2.24) is 0 Å². The van der Waals surface area contributed by atoms with Crippen LogP contribution in [0, 0.1) is 0 Å². The minimum Gasteiger partial charge on any atom is -0.504 e. The molecular weight excluding hydrogens is 444 g/mol. The van der Waals surface area contributed by atoms with Gasteiger partial charge in [0.15, 0.2) is 17.3 Å². The Kier molecular flexibility index (Phi) is 5.90. The molecule has 24 heavy (non-hydrogen) atoms. The first-order valence-electron chi connectivity index (χ1n) is 6.73. The van der Waals surface area contributed by atoms with Crippen molar-refractivity contribution in [1.29, 1.82) is 0 Å². The van der Waals surface area contributed by atoms with Gasteiger partial charge >= 0.3 is 0 Å². The van der Waals surface area contributed by atoms with Crippen LogP contribution in [0.4, 0.5) is 0 Å². The Morgan fingerprint density at radius 2 is 1.79 bits per heavy atom. The lowest BCUT2D eigenvalue weighted by molar-refractivity contribution is 0.104. The number of methoxy groups -OCH3 is 2. The minimum absolute atomic E-state index is 0.273. The van der Waals surface area contributed by atoms with Gasteiger partial charge in [0.25, 0.3) is 0 Å². The van der Waals surface area contributed by atoms with Crippen molar-refractivity contribution in [3.63, 3.8) is 0 Å². The Balaban J connectivity index is 2.35. The summed E-state index contributed by atoms with van der Waals surface area (Å²) in [6.07, 6.45) is 2.88. The Bertz CT molecular complexity index is 815. The van der Waals surface area contributed by atoms with E-state index in [1.807, 2.05) is 0 Å². The molecule has 0 atom stereocenters. The largest absolute Gasteiger partial charge is 0.504 e. The maximum absolute atomic E-state index is 12.4. The summed E-state index contributed by atoms with van der Waals surface area (Å²) >= 11 is 6.46. The molecule has 126 valence electrons. The van der Waals surface area contributed by atoms with Crippen molar-refractivity contribution in [2.24, 2.45) is 0 Å². The number of ketones is 1. The minimum atomic E-state index is -0.292. The second-order valence-corrected chi connectivity index (χ2v) is 6.31. The Morgan fingerprint density at radius 3 is 2.42 bits per heavy atom. The monoisotopic (exact) mass is 456 g/mol. The number of aromatic hydroxyl groups is 2. The van der Waals surface area contributed by atoms with Gasteiger partial charge in [0.1, 0.15) is 11.5 Å². The standard InChI is InChI=1S/C17H14Br2O5/c1-23-10-4-5-11(14(8-10)24-2)12(20)6-3-9-7-13(21)17(22)16(19)15(9)18/h3-8,21-22H,1-2H3/b6-3+. The number of carbonyl (C=O) groups excluding carboxylic acids is 1. The summed E-state index contributed by atoms with van der Waals surface area (Å²) in [4.78, 5) is 12.4. The van der Waals surface area contributed by atoms with Gasteiger partial charge in [-0.2, -0.15) is 0 Å². The van der Waals surface area contributed by atoms with Gasteiger partial charge in [0.2, 0.25) is 0 Å². The number of hydrogen-bond acceptors (Lipinski definition) is 5. The Hall–Kier alpha value is -1.99. The average Bonchev–Trinajstić information content (AvgIpc) is 2.60. The van der Waals surface area contributed by atoms with Crippen LogP contribution in [0.15, 0.2) is 39.3 Å². The predicted molar refractivity (Wildman–Crippen MR) is 98.1 cm³/mol. The van der Waals surface area contributed by atoms with Gasteiger partial charge in [-0.15, -0.1) is 0 Å². The van der Waals surface area contributed by atoms with Crippen LogP contribution >= 0.6 is 31.9 Å². The highest BCUT2D eigenvalue weighted by Crippen LogP contribution is 2.41. The molecule has 0 saturated heterocycles. The molecule has 2 N–H and O–H groups in total. The summed E-state index contributed by atoms with van der Waals surface area (Å²) in [5, 5.41) is 19.3. The quantitative estimate of drug-likeness (QED) is 0.391. The van der Waals surface area contributed by atoms with Gasteiger partial charge in [0, 0.05) is 10.5 Å². The SMILES string of the molecule is COc1ccc(C(=O)/C=C/c2cc(O)c(O)c(Br)c2Br)c(OC)c1. The number of phenolic OH excluding ortho intramolecular Hbond substituents is 2. The molecule has 0 saturated carbocycles. The predicted octanol–water partition coefficient (Wildman–Crippen LogP) is 4.54. The Labute approximate surface area is 155 Å². The summed E-state index contributed by atoms with van der Waals surface area (Å²) in [5.74, 6) is 0.145. The number of hydrogen-bond donors (Lipinski definition) is 2. The molecule has 7 heteroatoms. The highest BCUT2D eigenvalue weighted by atomic mass is 79.9. The van der Waals surface area contributed by atoms with Gasteiger partial charge < -0.3 is 19.7 Å². The molecule has 2 rings (SSSR count). The Morgan fingerprint density at radius 1 is 1.08 bits per heavy atom. The topological polar surface area (TPSA) is 76.0 Å². The van der Waals surface area contributed by atoms with Crippen molar-refractivity contribution >= 4 is 43.7 Å². The molecule has 2 aromatic carbocycles. The molecule has 0 spiro atoms. The molecular formula is C17H14Br2O5. The van der Waals surface area contributed by atoms with E-state index < -0.39 is 0 Å². The van der Waals surface area contributed by atoms with Crippen molar-refractivity contribution < 1.29 is 24.5 Å². The van der Waals surface area contributed by atoms with Crippen LogP contribution in [0.3, 0.4) is 0 Å². The smallest absolute Gasteiger partial charge is 0.189 e. The zero-order valence-electron chi connectivity index (χ0n) is 12.8. The van der Waals surface area contributed by atoms with E-state index in [0.717, 1.165) is 0 Å². The third kappa shape index (κ3) is 3.73. The van der Waals surface area contributed by atoms with E-state index >= 15 is 0 Å². The second-order valence-electron chi connectivity index (χ2n) is 4.73. The molecule has 0 amide bonds. The highest BCUT2D eigenvalue weighted by Gasteiger charge is 2.14. The zero-order chi connectivity index (χ0) is 17.9. The number of rotatable bonds is 5. The highest BCUT2D eigenvalue weighted by molar-refractivity contribution is 9.13. The van der Waals surface area contributed by atoms with Crippen molar-refractivity contribution in [3.05, 3.63) is 50.4 Å². The molecule has 0 radical (unpaired) electrons. The van der Waals surface area contributed by atoms with E-state index in [1.165, 1.54) is 32.4 Å². The number of carbonyl (C=O) groups is 1. The number of benzene rings is 2. The summed E-state index contributed by atoms with van der Waals surface area (Å²) < 4.78 is 11.1. The molecule has 0 aliphatic heterocycles. The fourth-order valence-electron chi connectivity index (χ4n) is 2.00. The first kappa shape index (κ1) is 18.4. The van der Waals surface area contributed by atoms with Crippen LogP contribution in [0.2, 0.25) is 0 Å². The summed E-state index contributed by atoms with van der Waals surface area (Å²) in [6.45, 7) is 0.